The number of aryl methyl sites for hydroxylation is 1. The van der Waals surface area contributed by atoms with Crippen molar-refractivity contribution in [1.82, 2.24) is 0 Å². The fraction of sp³-hybridized carbons (Fsp3) is 0.200. The first-order valence-corrected chi connectivity index (χ1v) is 7.00. The summed E-state index contributed by atoms with van der Waals surface area (Å²) in [7, 11) is 0. The van der Waals surface area contributed by atoms with E-state index in [1.54, 1.807) is 19.1 Å². The molecule has 23 heavy (non-hydrogen) atoms. The number of phenols is 1. The van der Waals surface area contributed by atoms with Crippen LogP contribution in [0.3, 0.4) is 0 Å². The summed E-state index contributed by atoms with van der Waals surface area (Å²) in [5.74, 6) is 0.00757. The monoisotopic (exact) mass is 336 g/mol. The molecule has 7 nitrogen and oxygen atoms in total. The first-order chi connectivity index (χ1) is 10.7. The van der Waals surface area contributed by atoms with Gasteiger partial charge in [-0.2, -0.15) is 0 Å². The third-order valence-electron chi connectivity index (χ3n) is 3.72. The molecule has 2 rings (SSSR count). The van der Waals surface area contributed by atoms with E-state index in [2.05, 4.69) is 0 Å². The van der Waals surface area contributed by atoms with Crippen LogP contribution >= 0.6 is 11.6 Å². The molecule has 0 aliphatic carbocycles. The van der Waals surface area contributed by atoms with Crippen molar-refractivity contribution in [3.05, 3.63) is 71.8 Å². The largest absolute Gasteiger partial charge is 0.508 e. The van der Waals surface area contributed by atoms with Gasteiger partial charge in [0.2, 0.25) is 0 Å². The quantitative estimate of drug-likeness (QED) is 0.669. The van der Waals surface area contributed by atoms with Gasteiger partial charge >= 0.3 is 0 Å². The zero-order chi connectivity index (χ0) is 17.3. The zero-order valence-corrected chi connectivity index (χ0v) is 13.1. The van der Waals surface area contributed by atoms with Crippen molar-refractivity contribution in [2.75, 3.05) is 0 Å². The lowest BCUT2D eigenvalue weighted by molar-refractivity contribution is -0.394. The number of halogens is 1. The van der Waals surface area contributed by atoms with Crippen LogP contribution in [0.25, 0.3) is 0 Å². The van der Waals surface area contributed by atoms with E-state index in [-0.39, 0.29) is 34.0 Å². The average Bonchev–Trinajstić information content (AvgIpc) is 2.46. The molecule has 0 radical (unpaired) electrons. The van der Waals surface area contributed by atoms with E-state index in [4.69, 9.17) is 11.6 Å². The molecule has 0 spiro atoms. The van der Waals surface area contributed by atoms with E-state index in [1.807, 2.05) is 0 Å². The van der Waals surface area contributed by atoms with Crippen LogP contribution in [0.4, 0.5) is 11.4 Å². The molecule has 0 bridgehead atoms. The van der Waals surface area contributed by atoms with Gasteiger partial charge in [-0.3, -0.25) is 20.2 Å². The Bertz CT molecular complexity index is 800. The van der Waals surface area contributed by atoms with E-state index in [0.29, 0.717) is 5.56 Å². The van der Waals surface area contributed by atoms with E-state index in [0.717, 1.165) is 11.6 Å². The van der Waals surface area contributed by atoms with Crippen molar-refractivity contribution in [1.29, 1.82) is 0 Å². The fourth-order valence-electron chi connectivity index (χ4n) is 2.41. The van der Waals surface area contributed by atoms with Crippen LogP contribution in [-0.2, 0) is 6.42 Å². The molecule has 0 aromatic heterocycles. The number of benzene rings is 2. The Labute approximate surface area is 136 Å². The molecule has 0 aliphatic rings. The number of hydrogen-bond acceptors (Lipinski definition) is 5. The maximum absolute atomic E-state index is 11.3. The van der Waals surface area contributed by atoms with Crippen LogP contribution in [0.1, 0.15) is 22.3 Å². The molecule has 8 heteroatoms. The minimum atomic E-state index is -0.753. The van der Waals surface area contributed by atoms with Gasteiger partial charge in [0, 0.05) is 17.5 Å². The second kappa shape index (κ2) is 6.21. The van der Waals surface area contributed by atoms with Gasteiger partial charge in [0.15, 0.2) is 0 Å². The highest BCUT2D eigenvalue weighted by Crippen LogP contribution is 2.38. The van der Waals surface area contributed by atoms with Gasteiger partial charge in [0.25, 0.3) is 11.4 Å². The van der Waals surface area contributed by atoms with Crippen molar-refractivity contribution in [2.45, 2.75) is 20.3 Å². The number of nitro benzene ring substituents is 2. The minimum Gasteiger partial charge on any atom is -0.508 e. The molecule has 0 atom stereocenters. The summed E-state index contributed by atoms with van der Waals surface area (Å²) in [6, 6.07) is 5.78. The molecule has 0 heterocycles. The molecular formula is C15H13ClN2O5. The summed E-state index contributed by atoms with van der Waals surface area (Å²) in [5, 5.41) is 32.1. The van der Waals surface area contributed by atoms with E-state index < -0.39 is 15.5 Å². The van der Waals surface area contributed by atoms with Crippen LogP contribution in [0, 0.1) is 34.1 Å². The first kappa shape index (κ1) is 16.7. The van der Waals surface area contributed by atoms with Crippen LogP contribution in [0.2, 0.25) is 5.02 Å². The number of nitrogens with zero attached hydrogens (tertiary/aromatic N) is 2. The van der Waals surface area contributed by atoms with Crippen LogP contribution in [0.15, 0.2) is 24.3 Å². The van der Waals surface area contributed by atoms with Gasteiger partial charge < -0.3 is 5.11 Å². The smallest absolute Gasteiger partial charge is 0.295 e. The summed E-state index contributed by atoms with van der Waals surface area (Å²) in [5.41, 5.74) is 0.886. The van der Waals surface area contributed by atoms with Crippen molar-refractivity contribution in [3.63, 3.8) is 0 Å². The number of hydrogen-bond donors (Lipinski definition) is 1. The highest BCUT2D eigenvalue weighted by molar-refractivity contribution is 6.33. The molecule has 1 N–H and O–H groups in total. The highest BCUT2D eigenvalue weighted by atomic mass is 35.5. The maximum Gasteiger partial charge on any atom is 0.295 e. The molecule has 0 saturated carbocycles. The van der Waals surface area contributed by atoms with Crippen molar-refractivity contribution < 1.29 is 15.0 Å². The second-order valence-corrected chi connectivity index (χ2v) is 5.47. The van der Waals surface area contributed by atoms with Crippen molar-refractivity contribution >= 4 is 23.0 Å². The lowest BCUT2D eigenvalue weighted by atomic mass is 9.95. The van der Waals surface area contributed by atoms with Gasteiger partial charge in [0.1, 0.15) is 10.8 Å². The molecule has 2 aromatic carbocycles. The molecule has 0 aliphatic heterocycles. The second-order valence-electron chi connectivity index (χ2n) is 5.10. The fourth-order valence-corrected chi connectivity index (χ4v) is 2.65. The number of nitro groups is 2. The number of aromatic hydroxyl groups is 1. The van der Waals surface area contributed by atoms with Gasteiger partial charge in [-0.05, 0) is 31.0 Å². The van der Waals surface area contributed by atoms with E-state index >= 15 is 0 Å². The Morgan fingerprint density at radius 2 is 1.70 bits per heavy atom. The van der Waals surface area contributed by atoms with E-state index in [1.165, 1.54) is 13.0 Å². The standard InChI is InChI=1S/C15H13ClN2O5/c1-8-4-3-5-14(19)10(8)6-11-9(2)15(16)13(18(22)23)7-12(11)17(20)21/h3-5,7,19H,6H2,1-2H3. The lowest BCUT2D eigenvalue weighted by Crippen LogP contribution is -2.04. The Morgan fingerprint density at radius 3 is 2.22 bits per heavy atom. The number of rotatable bonds is 4. The Hall–Kier alpha value is -2.67. The topological polar surface area (TPSA) is 107 Å². The zero-order valence-electron chi connectivity index (χ0n) is 12.4. The molecular weight excluding hydrogens is 324 g/mol. The molecule has 120 valence electrons. The van der Waals surface area contributed by atoms with Crippen LogP contribution < -0.4 is 0 Å². The summed E-state index contributed by atoms with van der Waals surface area (Å²) >= 11 is 5.99. The molecule has 2 aromatic rings. The Morgan fingerprint density at radius 1 is 1.09 bits per heavy atom. The molecule has 0 unspecified atom stereocenters. The minimum absolute atomic E-state index is 0.00757. The third kappa shape index (κ3) is 3.09. The summed E-state index contributed by atoms with van der Waals surface area (Å²) in [6.45, 7) is 3.26. The van der Waals surface area contributed by atoms with Crippen molar-refractivity contribution in [2.24, 2.45) is 0 Å². The maximum atomic E-state index is 11.3. The predicted octanol–water partition coefficient (Wildman–Crippen LogP) is 4.07. The summed E-state index contributed by atoms with van der Waals surface area (Å²) in [4.78, 5) is 20.9. The van der Waals surface area contributed by atoms with Crippen molar-refractivity contribution in [3.8, 4) is 5.75 Å². The first-order valence-electron chi connectivity index (χ1n) is 6.62. The predicted molar refractivity (Wildman–Crippen MR) is 85.1 cm³/mol. The Balaban J connectivity index is 2.69. The van der Waals surface area contributed by atoms with Gasteiger partial charge in [-0.15, -0.1) is 0 Å². The van der Waals surface area contributed by atoms with Crippen LogP contribution in [-0.4, -0.2) is 15.0 Å². The molecule has 0 saturated heterocycles. The lowest BCUT2D eigenvalue weighted by Gasteiger charge is -2.12. The SMILES string of the molecule is Cc1cccc(O)c1Cc1c([N+](=O)[O-])cc([N+](=O)[O-])c(Cl)c1C. The normalized spacial score (nSPS) is 10.6. The highest BCUT2D eigenvalue weighted by Gasteiger charge is 2.27. The molecule has 0 fully saturated rings. The molecule has 0 amide bonds. The van der Waals surface area contributed by atoms with Gasteiger partial charge in [0.05, 0.1) is 15.9 Å². The summed E-state index contributed by atoms with van der Waals surface area (Å²) < 4.78 is 0. The van der Waals surface area contributed by atoms with E-state index in [9.17, 15) is 25.3 Å². The van der Waals surface area contributed by atoms with Gasteiger partial charge in [-0.1, -0.05) is 23.7 Å². The summed E-state index contributed by atoms with van der Waals surface area (Å²) in [6.07, 6.45) is 0.0539. The average molecular weight is 337 g/mol. The van der Waals surface area contributed by atoms with Gasteiger partial charge in [-0.25, -0.2) is 0 Å². The number of phenolic OH excluding ortho intramolecular Hbond substituents is 1. The third-order valence-corrected chi connectivity index (χ3v) is 4.20. The Kier molecular flexibility index (Phi) is 4.51. The van der Waals surface area contributed by atoms with Crippen LogP contribution in [0.5, 0.6) is 5.75 Å².